The zero-order valence-corrected chi connectivity index (χ0v) is 19.6. The number of ether oxygens (including phenoxy) is 1. The number of hydrogen-bond acceptors (Lipinski definition) is 6. The SMILES string of the molecule is CCCCOc1nc(NC)c2[nH]c(=O)n(CCCCCC3CCN(CCC)CC3)c2n1. The van der Waals surface area contributed by atoms with Gasteiger partial charge in [0.25, 0.3) is 0 Å². The Morgan fingerprint density at radius 1 is 1.06 bits per heavy atom. The molecule has 0 aromatic carbocycles. The van der Waals surface area contributed by atoms with Crippen molar-refractivity contribution in [3.05, 3.63) is 10.5 Å². The van der Waals surface area contributed by atoms with Crippen LogP contribution < -0.4 is 15.7 Å². The van der Waals surface area contributed by atoms with Crippen molar-refractivity contribution in [1.82, 2.24) is 24.4 Å². The summed E-state index contributed by atoms with van der Waals surface area (Å²) in [6.45, 7) is 9.40. The number of anilines is 1. The number of fused-ring (bicyclic) bond motifs is 1. The standard InChI is InChI=1S/C23H40N6O2/c1-4-6-17-31-22-26-20(24-3)19-21(27-22)29(23(30)25-19)14-9-7-8-10-18-11-15-28(13-5-2)16-12-18/h18H,4-17H2,1-3H3,(H,25,30)(H,24,26,27). The van der Waals surface area contributed by atoms with Crippen LogP contribution in [0.15, 0.2) is 4.79 Å². The molecule has 8 nitrogen and oxygen atoms in total. The Kier molecular flexibility index (Phi) is 9.18. The molecule has 2 aromatic heterocycles. The molecule has 1 fully saturated rings. The van der Waals surface area contributed by atoms with E-state index in [9.17, 15) is 4.79 Å². The van der Waals surface area contributed by atoms with Crippen molar-refractivity contribution in [2.24, 2.45) is 5.92 Å². The minimum Gasteiger partial charge on any atom is -0.463 e. The number of aryl methyl sites for hydroxylation is 1. The summed E-state index contributed by atoms with van der Waals surface area (Å²) in [4.78, 5) is 27.0. The first-order valence-electron chi connectivity index (χ1n) is 12.2. The number of nitrogens with zero attached hydrogens (tertiary/aromatic N) is 4. The van der Waals surface area contributed by atoms with Crippen molar-refractivity contribution in [2.75, 3.05) is 38.6 Å². The molecule has 3 heterocycles. The summed E-state index contributed by atoms with van der Waals surface area (Å²) in [5.74, 6) is 1.47. The van der Waals surface area contributed by atoms with Crippen LogP contribution >= 0.6 is 0 Å². The molecule has 0 bridgehead atoms. The van der Waals surface area contributed by atoms with Gasteiger partial charge >= 0.3 is 11.7 Å². The molecule has 0 unspecified atom stereocenters. The summed E-state index contributed by atoms with van der Waals surface area (Å²) in [6.07, 6.45) is 10.6. The molecule has 0 saturated carbocycles. The van der Waals surface area contributed by atoms with Gasteiger partial charge in [0.05, 0.1) is 6.61 Å². The predicted octanol–water partition coefficient (Wildman–Crippen LogP) is 4.02. The van der Waals surface area contributed by atoms with Crippen molar-refractivity contribution >= 4 is 17.0 Å². The number of imidazole rings is 1. The van der Waals surface area contributed by atoms with E-state index in [1.165, 1.54) is 51.7 Å². The van der Waals surface area contributed by atoms with Crippen molar-refractivity contribution in [3.8, 4) is 6.01 Å². The van der Waals surface area contributed by atoms with E-state index in [1.54, 1.807) is 11.6 Å². The molecule has 0 radical (unpaired) electrons. The van der Waals surface area contributed by atoms with Gasteiger partial charge in [-0.3, -0.25) is 4.57 Å². The van der Waals surface area contributed by atoms with Crippen LogP contribution in [0.1, 0.15) is 71.6 Å². The maximum atomic E-state index is 12.5. The van der Waals surface area contributed by atoms with Gasteiger partial charge in [-0.15, -0.1) is 0 Å². The summed E-state index contributed by atoms with van der Waals surface area (Å²) in [7, 11) is 1.79. The second-order valence-electron chi connectivity index (χ2n) is 8.72. The lowest BCUT2D eigenvalue weighted by molar-refractivity contribution is 0.177. The highest BCUT2D eigenvalue weighted by atomic mass is 16.5. The average molecular weight is 433 g/mol. The Morgan fingerprint density at radius 2 is 1.87 bits per heavy atom. The average Bonchev–Trinajstić information content (AvgIpc) is 3.09. The zero-order valence-electron chi connectivity index (χ0n) is 19.6. The molecular formula is C23H40N6O2. The van der Waals surface area contributed by atoms with Gasteiger partial charge in [-0.05, 0) is 57.7 Å². The van der Waals surface area contributed by atoms with Crippen LogP contribution in [0.5, 0.6) is 6.01 Å². The lowest BCUT2D eigenvalue weighted by atomic mass is 9.91. The molecule has 1 aliphatic heterocycles. The van der Waals surface area contributed by atoms with Crippen LogP contribution in [0.3, 0.4) is 0 Å². The Morgan fingerprint density at radius 3 is 2.58 bits per heavy atom. The van der Waals surface area contributed by atoms with E-state index in [1.807, 2.05) is 0 Å². The largest absolute Gasteiger partial charge is 0.463 e. The number of rotatable bonds is 13. The number of unbranched alkanes of at least 4 members (excludes halogenated alkanes) is 3. The van der Waals surface area contributed by atoms with E-state index in [2.05, 4.69) is 39.0 Å². The number of likely N-dealkylation sites (tertiary alicyclic amines) is 1. The molecule has 1 aliphatic rings. The molecule has 0 amide bonds. The Balaban J connectivity index is 1.52. The molecule has 8 heteroatoms. The molecule has 174 valence electrons. The number of aromatic amines is 1. The van der Waals surface area contributed by atoms with Crippen LogP contribution in [0, 0.1) is 5.92 Å². The number of piperidine rings is 1. The van der Waals surface area contributed by atoms with Gasteiger partial charge in [-0.25, -0.2) is 4.79 Å². The summed E-state index contributed by atoms with van der Waals surface area (Å²) >= 11 is 0. The van der Waals surface area contributed by atoms with Crippen molar-refractivity contribution in [3.63, 3.8) is 0 Å². The number of nitrogens with one attached hydrogen (secondary N) is 2. The van der Waals surface area contributed by atoms with Gasteiger partial charge in [0, 0.05) is 13.6 Å². The highest BCUT2D eigenvalue weighted by Crippen LogP contribution is 2.24. The van der Waals surface area contributed by atoms with Crippen molar-refractivity contribution in [2.45, 2.75) is 78.2 Å². The highest BCUT2D eigenvalue weighted by Gasteiger charge is 2.18. The molecule has 2 N–H and O–H groups in total. The second-order valence-corrected chi connectivity index (χ2v) is 8.72. The van der Waals surface area contributed by atoms with Gasteiger partial charge in [0.1, 0.15) is 5.52 Å². The minimum atomic E-state index is -0.130. The normalized spacial score (nSPS) is 15.6. The zero-order chi connectivity index (χ0) is 22.1. The smallest absolute Gasteiger partial charge is 0.327 e. The van der Waals surface area contributed by atoms with Gasteiger partial charge in [-0.1, -0.05) is 39.5 Å². The molecule has 1 saturated heterocycles. The fraction of sp³-hybridized carbons (Fsp3) is 0.783. The minimum absolute atomic E-state index is 0.130. The predicted molar refractivity (Wildman–Crippen MR) is 126 cm³/mol. The van der Waals surface area contributed by atoms with Crippen LogP contribution in [0.4, 0.5) is 5.82 Å². The van der Waals surface area contributed by atoms with E-state index >= 15 is 0 Å². The van der Waals surface area contributed by atoms with E-state index in [0.29, 0.717) is 36.1 Å². The van der Waals surface area contributed by atoms with Crippen LogP contribution in [0.2, 0.25) is 0 Å². The van der Waals surface area contributed by atoms with Crippen LogP contribution in [-0.4, -0.2) is 57.7 Å². The van der Waals surface area contributed by atoms with Crippen molar-refractivity contribution in [1.29, 1.82) is 0 Å². The number of hydrogen-bond donors (Lipinski definition) is 2. The van der Waals surface area contributed by atoms with Crippen molar-refractivity contribution < 1.29 is 4.74 Å². The van der Waals surface area contributed by atoms with E-state index in [0.717, 1.165) is 31.6 Å². The van der Waals surface area contributed by atoms with E-state index in [4.69, 9.17) is 4.74 Å². The topological polar surface area (TPSA) is 88.1 Å². The van der Waals surface area contributed by atoms with Gasteiger partial charge in [0.2, 0.25) is 0 Å². The third-order valence-corrected chi connectivity index (χ3v) is 6.31. The molecule has 0 spiro atoms. The van der Waals surface area contributed by atoms with Gasteiger partial charge < -0.3 is 19.9 Å². The first kappa shape index (κ1) is 23.6. The number of H-pyrrole nitrogens is 1. The summed E-state index contributed by atoms with van der Waals surface area (Å²) in [6, 6.07) is 0.326. The summed E-state index contributed by atoms with van der Waals surface area (Å²) < 4.78 is 7.43. The molecule has 0 atom stereocenters. The fourth-order valence-corrected chi connectivity index (χ4v) is 4.47. The third kappa shape index (κ3) is 6.45. The Bertz CT molecular complexity index is 854. The highest BCUT2D eigenvalue weighted by molar-refractivity contribution is 5.83. The number of aromatic nitrogens is 4. The van der Waals surface area contributed by atoms with E-state index < -0.39 is 0 Å². The lowest BCUT2D eigenvalue weighted by Crippen LogP contribution is -2.34. The fourth-order valence-electron chi connectivity index (χ4n) is 4.47. The van der Waals surface area contributed by atoms with Crippen LogP contribution in [0.25, 0.3) is 11.2 Å². The molecule has 0 aliphatic carbocycles. The van der Waals surface area contributed by atoms with Gasteiger partial charge in [-0.2, -0.15) is 9.97 Å². The maximum Gasteiger partial charge on any atom is 0.327 e. The maximum absolute atomic E-state index is 12.5. The molecule has 3 rings (SSSR count). The van der Waals surface area contributed by atoms with Crippen LogP contribution in [-0.2, 0) is 6.54 Å². The molecule has 2 aromatic rings. The van der Waals surface area contributed by atoms with Gasteiger partial charge in [0.15, 0.2) is 11.5 Å². The molecule has 31 heavy (non-hydrogen) atoms. The summed E-state index contributed by atoms with van der Waals surface area (Å²) in [5.41, 5.74) is 1.14. The Hall–Kier alpha value is -2.09. The monoisotopic (exact) mass is 432 g/mol. The first-order valence-corrected chi connectivity index (χ1v) is 12.2. The lowest BCUT2D eigenvalue weighted by Gasteiger charge is -2.31. The van der Waals surface area contributed by atoms with E-state index in [-0.39, 0.29) is 5.69 Å². The third-order valence-electron chi connectivity index (χ3n) is 6.31. The summed E-state index contributed by atoms with van der Waals surface area (Å²) in [5, 5.41) is 3.05. The second kappa shape index (κ2) is 12.1. The molecular weight excluding hydrogens is 392 g/mol. The first-order chi connectivity index (χ1) is 15.2. The Labute approximate surface area is 185 Å². The quantitative estimate of drug-likeness (QED) is 0.465.